The quantitative estimate of drug-likeness (QED) is 0.759. The molecule has 0 aliphatic carbocycles. The molecule has 0 spiro atoms. The van der Waals surface area contributed by atoms with Gasteiger partial charge in [0.2, 0.25) is 0 Å². The summed E-state index contributed by atoms with van der Waals surface area (Å²) in [4.78, 5) is 26.5. The molecule has 1 aromatic heterocycles. The number of halogens is 2. The molecule has 138 valence electrons. The number of methoxy groups -OCH3 is 1. The number of fused-ring (bicyclic) bond motifs is 1. The molecule has 3 rings (SSSR count). The van der Waals surface area contributed by atoms with Crippen molar-refractivity contribution in [1.29, 1.82) is 0 Å². The van der Waals surface area contributed by atoms with Gasteiger partial charge in [-0.05, 0) is 12.1 Å². The highest BCUT2D eigenvalue weighted by atomic mass is 35.5. The van der Waals surface area contributed by atoms with Gasteiger partial charge in [0, 0.05) is 48.4 Å². The summed E-state index contributed by atoms with van der Waals surface area (Å²) in [6.45, 7) is 2.04. The van der Waals surface area contributed by atoms with Gasteiger partial charge in [-0.3, -0.25) is 14.3 Å². The lowest BCUT2D eigenvalue weighted by Crippen LogP contribution is -2.39. The molecule has 0 fully saturated rings. The molecule has 2 amide bonds. The highest BCUT2D eigenvalue weighted by molar-refractivity contribution is 6.36. The molecule has 0 saturated carbocycles. The number of aromatic nitrogens is 2. The molecule has 26 heavy (non-hydrogen) atoms. The molecule has 0 bridgehead atoms. The number of hydrogen-bond donors (Lipinski definition) is 1. The van der Waals surface area contributed by atoms with E-state index in [1.807, 2.05) is 0 Å². The molecular formula is C17H18Cl2N4O3. The number of ether oxygens (including phenoxy) is 1. The molecule has 1 aliphatic heterocycles. The minimum absolute atomic E-state index is 0.210. The minimum atomic E-state index is -0.336. The summed E-state index contributed by atoms with van der Waals surface area (Å²) >= 11 is 12.4. The first-order valence-electron chi connectivity index (χ1n) is 8.08. The second-order valence-corrected chi connectivity index (χ2v) is 6.63. The van der Waals surface area contributed by atoms with E-state index in [9.17, 15) is 9.59 Å². The lowest BCUT2D eigenvalue weighted by molar-refractivity contribution is 0.0683. The van der Waals surface area contributed by atoms with E-state index >= 15 is 0 Å². The monoisotopic (exact) mass is 396 g/mol. The average molecular weight is 397 g/mol. The summed E-state index contributed by atoms with van der Waals surface area (Å²) in [5.74, 6) is -0.548. The topological polar surface area (TPSA) is 76.5 Å². The maximum absolute atomic E-state index is 12.8. The van der Waals surface area contributed by atoms with Crippen LogP contribution in [-0.2, 0) is 17.8 Å². The summed E-state index contributed by atoms with van der Waals surface area (Å²) < 4.78 is 6.45. The highest BCUT2D eigenvalue weighted by Gasteiger charge is 2.28. The standard InChI is InChI=1S/C17H18Cl2N4O3/c1-26-8-5-20-16(24)14-9-15-17(25)22(6-7-23(15)21-14)10-11-12(18)3-2-4-13(11)19/h2-4,9H,5-8,10H2,1H3,(H,20,24). The molecule has 2 heterocycles. The van der Waals surface area contributed by atoms with Crippen LogP contribution in [0.1, 0.15) is 26.5 Å². The Morgan fingerprint density at radius 2 is 2.04 bits per heavy atom. The van der Waals surface area contributed by atoms with Gasteiger partial charge in [-0.2, -0.15) is 5.10 Å². The minimum Gasteiger partial charge on any atom is -0.383 e. The van der Waals surface area contributed by atoms with Gasteiger partial charge in [-0.15, -0.1) is 0 Å². The van der Waals surface area contributed by atoms with Crippen molar-refractivity contribution in [2.24, 2.45) is 0 Å². The Morgan fingerprint density at radius 1 is 1.31 bits per heavy atom. The fraction of sp³-hybridized carbons (Fsp3) is 0.353. The van der Waals surface area contributed by atoms with Gasteiger partial charge < -0.3 is 15.0 Å². The Labute approximate surface area is 160 Å². The molecule has 0 unspecified atom stereocenters. The van der Waals surface area contributed by atoms with Gasteiger partial charge in [-0.25, -0.2) is 0 Å². The summed E-state index contributed by atoms with van der Waals surface area (Å²) in [5, 5.41) is 7.94. The van der Waals surface area contributed by atoms with E-state index in [-0.39, 0.29) is 17.5 Å². The van der Waals surface area contributed by atoms with Crippen LogP contribution in [0.2, 0.25) is 10.0 Å². The zero-order valence-corrected chi connectivity index (χ0v) is 15.7. The Morgan fingerprint density at radius 3 is 2.73 bits per heavy atom. The van der Waals surface area contributed by atoms with Crippen LogP contribution < -0.4 is 5.32 Å². The first-order chi connectivity index (χ1) is 12.5. The van der Waals surface area contributed by atoms with Gasteiger partial charge in [0.25, 0.3) is 11.8 Å². The van der Waals surface area contributed by atoms with Gasteiger partial charge in [0.05, 0.1) is 13.2 Å². The van der Waals surface area contributed by atoms with Gasteiger partial charge in [0.15, 0.2) is 5.69 Å². The van der Waals surface area contributed by atoms with Crippen LogP contribution >= 0.6 is 23.2 Å². The number of benzene rings is 1. The highest BCUT2D eigenvalue weighted by Crippen LogP contribution is 2.27. The number of nitrogens with one attached hydrogen (secondary N) is 1. The van der Waals surface area contributed by atoms with E-state index in [2.05, 4.69) is 10.4 Å². The second kappa shape index (κ2) is 8.07. The summed E-state index contributed by atoms with van der Waals surface area (Å²) in [7, 11) is 1.56. The van der Waals surface area contributed by atoms with Gasteiger partial charge in [0.1, 0.15) is 5.69 Å². The van der Waals surface area contributed by atoms with E-state index in [0.29, 0.717) is 54.1 Å². The molecule has 0 atom stereocenters. The zero-order chi connectivity index (χ0) is 18.7. The Bertz CT molecular complexity index is 817. The van der Waals surface area contributed by atoms with Crippen LogP contribution in [0.4, 0.5) is 0 Å². The normalized spacial score (nSPS) is 13.7. The van der Waals surface area contributed by atoms with Gasteiger partial charge in [-0.1, -0.05) is 29.3 Å². The van der Waals surface area contributed by atoms with Crippen LogP contribution in [0, 0.1) is 0 Å². The third kappa shape index (κ3) is 3.85. The first kappa shape index (κ1) is 18.7. The molecular weight excluding hydrogens is 379 g/mol. The Kier molecular flexibility index (Phi) is 5.80. The van der Waals surface area contributed by atoms with Crippen LogP contribution in [0.15, 0.2) is 24.3 Å². The van der Waals surface area contributed by atoms with E-state index in [1.165, 1.54) is 6.07 Å². The first-order valence-corrected chi connectivity index (χ1v) is 8.84. The maximum Gasteiger partial charge on any atom is 0.272 e. The fourth-order valence-electron chi connectivity index (χ4n) is 2.73. The molecule has 0 radical (unpaired) electrons. The molecule has 0 saturated heterocycles. The summed E-state index contributed by atoms with van der Waals surface area (Å²) in [5.41, 5.74) is 1.29. The van der Waals surface area contributed by atoms with E-state index in [4.69, 9.17) is 27.9 Å². The predicted octanol–water partition coefficient (Wildman–Crippen LogP) is 2.22. The lowest BCUT2D eigenvalue weighted by atomic mass is 10.2. The fourth-order valence-corrected chi connectivity index (χ4v) is 3.25. The predicted molar refractivity (Wildman–Crippen MR) is 97.6 cm³/mol. The molecule has 9 heteroatoms. The van der Waals surface area contributed by atoms with Crippen LogP contribution in [0.5, 0.6) is 0 Å². The van der Waals surface area contributed by atoms with E-state index in [1.54, 1.807) is 34.9 Å². The number of nitrogens with zero attached hydrogens (tertiary/aromatic N) is 3. The second-order valence-electron chi connectivity index (χ2n) is 5.81. The van der Waals surface area contributed by atoms with Crippen LogP contribution in [0.25, 0.3) is 0 Å². The smallest absolute Gasteiger partial charge is 0.272 e. The number of amides is 2. The van der Waals surface area contributed by atoms with Crippen LogP contribution in [-0.4, -0.2) is 53.3 Å². The molecule has 7 nitrogen and oxygen atoms in total. The number of hydrogen-bond acceptors (Lipinski definition) is 4. The third-order valence-electron chi connectivity index (χ3n) is 4.10. The van der Waals surface area contributed by atoms with Crippen LogP contribution in [0.3, 0.4) is 0 Å². The van der Waals surface area contributed by atoms with Crippen molar-refractivity contribution in [3.05, 3.63) is 51.3 Å². The van der Waals surface area contributed by atoms with E-state index < -0.39 is 0 Å². The Balaban J connectivity index is 1.75. The molecule has 1 aliphatic rings. The van der Waals surface area contributed by atoms with Crippen molar-refractivity contribution in [3.8, 4) is 0 Å². The number of rotatable bonds is 6. The summed E-state index contributed by atoms with van der Waals surface area (Å²) in [6.07, 6.45) is 0. The molecule has 2 aromatic rings. The largest absolute Gasteiger partial charge is 0.383 e. The van der Waals surface area contributed by atoms with E-state index in [0.717, 1.165) is 0 Å². The van der Waals surface area contributed by atoms with Crippen molar-refractivity contribution in [2.45, 2.75) is 13.1 Å². The summed E-state index contributed by atoms with van der Waals surface area (Å²) in [6, 6.07) is 6.74. The molecule has 1 aromatic carbocycles. The van der Waals surface area contributed by atoms with Crippen molar-refractivity contribution in [3.63, 3.8) is 0 Å². The third-order valence-corrected chi connectivity index (χ3v) is 4.81. The average Bonchev–Trinajstić information content (AvgIpc) is 3.05. The number of carbonyl (C=O) groups excluding carboxylic acids is 2. The Hall–Kier alpha value is -2.09. The van der Waals surface area contributed by atoms with Gasteiger partial charge >= 0.3 is 0 Å². The number of carbonyl (C=O) groups is 2. The zero-order valence-electron chi connectivity index (χ0n) is 14.2. The maximum atomic E-state index is 12.8. The lowest BCUT2D eigenvalue weighted by Gasteiger charge is -2.28. The van der Waals surface area contributed by atoms with Crippen molar-refractivity contribution < 1.29 is 14.3 Å². The van der Waals surface area contributed by atoms with Crippen molar-refractivity contribution in [1.82, 2.24) is 20.0 Å². The van der Waals surface area contributed by atoms with Crippen molar-refractivity contribution in [2.75, 3.05) is 26.8 Å². The van der Waals surface area contributed by atoms with Crippen molar-refractivity contribution >= 4 is 35.0 Å². The SMILES string of the molecule is COCCNC(=O)c1cc2n(n1)CCN(Cc1c(Cl)cccc1Cl)C2=O. The molecule has 1 N–H and O–H groups in total.